The van der Waals surface area contributed by atoms with Crippen LogP contribution in [0.3, 0.4) is 0 Å². The Balaban J connectivity index is 1.61. The number of hydrogen-bond donors (Lipinski definition) is 1. The van der Waals surface area contributed by atoms with E-state index >= 15 is 0 Å². The number of amides is 2. The lowest BCUT2D eigenvalue weighted by atomic mass is 9.90. The van der Waals surface area contributed by atoms with Crippen LogP contribution in [-0.4, -0.2) is 52.5 Å². The van der Waals surface area contributed by atoms with Gasteiger partial charge in [0.2, 0.25) is 0 Å². The van der Waals surface area contributed by atoms with Gasteiger partial charge in [-0.1, -0.05) is 35.9 Å². The van der Waals surface area contributed by atoms with Crippen LogP contribution in [0.4, 0.5) is 4.79 Å². The predicted molar refractivity (Wildman–Crippen MR) is 147 cm³/mol. The van der Waals surface area contributed by atoms with Crippen molar-refractivity contribution in [2.24, 2.45) is 0 Å². The van der Waals surface area contributed by atoms with Gasteiger partial charge in [0, 0.05) is 31.1 Å². The third kappa shape index (κ3) is 6.18. The van der Waals surface area contributed by atoms with Crippen LogP contribution >= 0.6 is 0 Å². The summed E-state index contributed by atoms with van der Waals surface area (Å²) in [6, 6.07) is 13.9. The van der Waals surface area contributed by atoms with Gasteiger partial charge in [0.25, 0.3) is 5.91 Å². The molecule has 3 aromatic rings. The van der Waals surface area contributed by atoms with Gasteiger partial charge < -0.3 is 19.7 Å². The van der Waals surface area contributed by atoms with Crippen LogP contribution in [0.1, 0.15) is 72.3 Å². The van der Waals surface area contributed by atoms with Crippen LogP contribution < -0.4 is 10.1 Å². The summed E-state index contributed by atoms with van der Waals surface area (Å²) in [5.74, 6) is 0.605. The maximum Gasteiger partial charge on any atom is 0.410 e. The van der Waals surface area contributed by atoms with E-state index in [4.69, 9.17) is 14.6 Å². The molecule has 1 fully saturated rings. The van der Waals surface area contributed by atoms with Crippen LogP contribution in [0.25, 0.3) is 5.69 Å². The normalized spacial score (nSPS) is 14.3. The summed E-state index contributed by atoms with van der Waals surface area (Å²) in [5, 5.41) is 7.74. The van der Waals surface area contributed by atoms with Crippen LogP contribution in [-0.2, 0) is 11.3 Å². The van der Waals surface area contributed by atoms with E-state index < -0.39 is 5.60 Å². The second-order valence-electron chi connectivity index (χ2n) is 10.9. The Kier molecular flexibility index (Phi) is 8.09. The lowest BCUT2D eigenvalue weighted by Crippen LogP contribution is -2.41. The van der Waals surface area contributed by atoms with E-state index in [2.05, 4.69) is 31.3 Å². The van der Waals surface area contributed by atoms with Crippen molar-refractivity contribution in [2.45, 2.75) is 65.5 Å². The van der Waals surface area contributed by atoms with Gasteiger partial charge in [0.1, 0.15) is 11.4 Å². The standard InChI is InChI=1S/C30H38N4O4/c1-20-11-12-25(21(2)17-20)34-27(22-13-15-33(16-14-22)29(36)38-30(3,4)5)24(19-32-34)28(35)31-18-23-9-7-8-10-26(23)37-6/h7-12,17,19,22H,13-16,18H2,1-6H3,(H,31,35). The van der Waals surface area contributed by atoms with E-state index in [1.54, 1.807) is 18.2 Å². The first kappa shape index (κ1) is 27.2. The van der Waals surface area contributed by atoms with E-state index in [0.717, 1.165) is 28.3 Å². The second kappa shape index (κ2) is 11.3. The number of nitrogens with zero attached hydrogens (tertiary/aromatic N) is 3. The molecule has 8 nitrogen and oxygen atoms in total. The zero-order chi connectivity index (χ0) is 27.4. The third-order valence-corrected chi connectivity index (χ3v) is 6.80. The summed E-state index contributed by atoms with van der Waals surface area (Å²) in [5.41, 5.74) is 4.99. The number of likely N-dealkylation sites (tertiary alicyclic amines) is 1. The van der Waals surface area contributed by atoms with Gasteiger partial charge in [0.15, 0.2) is 0 Å². The fraction of sp³-hybridized carbons (Fsp3) is 0.433. The van der Waals surface area contributed by atoms with Crippen LogP contribution in [0.15, 0.2) is 48.7 Å². The molecule has 0 unspecified atom stereocenters. The fourth-order valence-corrected chi connectivity index (χ4v) is 4.94. The molecule has 2 aromatic carbocycles. The van der Waals surface area contributed by atoms with E-state index in [-0.39, 0.29) is 17.9 Å². The maximum atomic E-state index is 13.5. The number of nitrogens with one attached hydrogen (secondary N) is 1. The number of para-hydroxylation sites is 1. The van der Waals surface area contributed by atoms with E-state index in [1.807, 2.05) is 55.8 Å². The lowest BCUT2D eigenvalue weighted by Gasteiger charge is -2.34. The zero-order valence-corrected chi connectivity index (χ0v) is 23.2. The van der Waals surface area contributed by atoms with Gasteiger partial charge in [-0.15, -0.1) is 0 Å². The van der Waals surface area contributed by atoms with Gasteiger partial charge >= 0.3 is 6.09 Å². The topological polar surface area (TPSA) is 85.7 Å². The smallest absolute Gasteiger partial charge is 0.410 e. The highest BCUT2D eigenvalue weighted by molar-refractivity contribution is 5.95. The number of hydrogen-bond acceptors (Lipinski definition) is 5. The van der Waals surface area contributed by atoms with Crippen molar-refractivity contribution in [1.82, 2.24) is 20.0 Å². The molecule has 4 rings (SSSR count). The average molecular weight is 519 g/mol. The molecular formula is C30H38N4O4. The van der Waals surface area contributed by atoms with Crippen LogP contribution in [0.5, 0.6) is 5.75 Å². The Hall–Kier alpha value is -3.81. The highest BCUT2D eigenvalue weighted by Crippen LogP contribution is 2.33. The van der Waals surface area contributed by atoms with Crippen molar-refractivity contribution in [3.63, 3.8) is 0 Å². The van der Waals surface area contributed by atoms with E-state index in [0.29, 0.717) is 38.0 Å². The Morgan fingerprint density at radius 1 is 1.08 bits per heavy atom. The summed E-state index contributed by atoms with van der Waals surface area (Å²) >= 11 is 0. The number of ether oxygens (including phenoxy) is 2. The van der Waals surface area contributed by atoms with Crippen molar-refractivity contribution in [1.29, 1.82) is 0 Å². The molecule has 202 valence electrons. The van der Waals surface area contributed by atoms with Gasteiger partial charge in [-0.3, -0.25) is 4.79 Å². The summed E-state index contributed by atoms with van der Waals surface area (Å²) in [6.07, 6.45) is 2.78. The van der Waals surface area contributed by atoms with Crippen molar-refractivity contribution in [3.8, 4) is 11.4 Å². The molecule has 2 amide bonds. The zero-order valence-electron chi connectivity index (χ0n) is 23.2. The number of methoxy groups -OCH3 is 1. The maximum absolute atomic E-state index is 13.5. The largest absolute Gasteiger partial charge is 0.496 e. The molecule has 0 bridgehead atoms. The predicted octanol–water partition coefficient (Wildman–Crippen LogP) is 5.54. The van der Waals surface area contributed by atoms with Gasteiger partial charge in [-0.05, 0) is 65.2 Å². The van der Waals surface area contributed by atoms with E-state index in [1.165, 1.54) is 5.56 Å². The molecule has 1 aliphatic heterocycles. The first-order valence-corrected chi connectivity index (χ1v) is 13.1. The van der Waals surface area contributed by atoms with Crippen LogP contribution in [0.2, 0.25) is 0 Å². The minimum Gasteiger partial charge on any atom is -0.496 e. The first-order chi connectivity index (χ1) is 18.1. The monoisotopic (exact) mass is 518 g/mol. The molecule has 0 aliphatic carbocycles. The Bertz CT molecular complexity index is 1300. The van der Waals surface area contributed by atoms with Gasteiger partial charge in [-0.2, -0.15) is 5.10 Å². The second-order valence-corrected chi connectivity index (χ2v) is 10.9. The fourth-order valence-electron chi connectivity index (χ4n) is 4.94. The molecule has 1 N–H and O–H groups in total. The van der Waals surface area contributed by atoms with Crippen molar-refractivity contribution in [2.75, 3.05) is 20.2 Å². The highest BCUT2D eigenvalue weighted by Gasteiger charge is 2.32. The highest BCUT2D eigenvalue weighted by atomic mass is 16.6. The summed E-state index contributed by atoms with van der Waals surface area (Å²) in [7, 11) is 1.62. The minimum absolute atomic E-state index is 0.0592. The SMILES string of the molecule is COc1ccccc1CNC(=O)c1cnn(-c2ccc(C)cc2C)c1C1CCN(C(=O)OC(C)(C)C)CC1. The molecule has 0 saturated carbocycles. The van der Waals surface area contributed by atoms with Gasteiger partial charge in [-0.25, -0.2) is 9.48 Å². The van der Waals surface area contributed by atoms with Gasteiger partial charge in [0.05, 0.1) is 30.3 Å². The van der Waals surface area contributed by atoms with Crippen molar-refractivity contribution in [3.05, 3.63) is 76.6 Å². The Morgan fingerprint density at radius 2 is 1.79 bits per heavy atom. The Labute approximate surface area is 224 Å². The van der Waals surface area contributed by atoms with Crippen molar-refractivity contribution >= 4 is 12.0 Å². The number of rotatable bonds is 6. The molecule has 38 heavy (non-hydrogen) atoms. The number of aromatic nitrogens is 2. The number of carbonyl (C=O) groups excluding carboxylic acids is 2. The number of piperidine rings is 1. The molecule has 1 saturated heterocycles. The number of benzene rings is 2. The molecule has 2 heterocycles. The first-order valence-electron chi connectivity index (χ1n) is 13.1. The van der Waals surface area contributed by atoms with Crippen molar-refractivity contribution < 1.29 is 19.1 Å². The summed E-state index contributed by atoms with van der Waals surface area (Å²) < 4.78 is 12.9. The quantitative estimate of drug-likeness (QED) is 0.463. The summed E-state index contributed by atoms with van der Waals surface area (Å²) in [6.45, 7) is 11.2. The molecule has 1 aromatic heterocycles. The summed E-state index contributed by atoms with van der Waals surface area (Å²) in [4.78, 5) is 27.9. The molecule has 0 atom stereocenters. The molecular weight excluding hydrogens is 480 g/mol. The molecule has 1 aliphatic rings. The molecule has 0 spiro atoms. The van der Waals surface area contributed by atoms with Crippen LogP contribution in [0, 0.1) is 13.8 Å². The molecule has 8 heteroatoms. The molecule has 0 radical (unpaired) electrons. The number of carbonyl (C=O) groups is 2. The minimum atomic E-state index is -0.539. The van der Waals surface area contributed by atoms with E-state index in [9.17, 15) is 9.59 Å². The average Bonchev–Trinajstić information content (AvgIpc) is 3.31. The number of aryl methyl sites for hydroxylation is 2. The lowest BCUT2D eigenvalue weighted by molar-refractivity contribution is 0.0203. The Morgan fingerprint density at radius 3 is 2.45 bits per heavy atom. The third-order valence-electron chi connectivity index (χ3n) is 6.80.